The molecule has 5 heteroatoms. The third-order valence-electron chi connectivity index (χ3n) is 2.38. The molecule has 1 aromatic rings. The Morgan fingerprint density at radius 2 is 2.27 bits per heavy atom. The fraction of sp³-hybridized carbons (Fsp3) is 0.300. The number of phenolic OH excluding ortho intramolecular Hbond substituents is 1. The molecule has 1 amide bonds. The summed E-state index contributed by atoms with van der Waals surface area (Å²) in [6.07, 6.45) is 0.325. The Labute approximate surface area is 92.2 Å². The van der Waals surface area contributed by atoms with Crippen LogP contribution in [0.3, 0.4) is 0 Å². The van der Waals surface area contributed by atoms with Crippen molar-refractivity contribution < 1.29 is 9.90 Å². The minimum Gasteiger partial charge on any atom is -0.508 e. The molecule has 1 saturated heterocycles. The van der Waals surface area contributed by atoms with Crippen LogP contribution in [0.1, 0.15) is 6.42 Å². The average Bonchev–Trinajstić information content (AvgIpc) is 2.50. The monoisotopic (exact) mass is 226 g/mol. The molecule has 0 radical (unpaired) electrons. The Morgan fingerprint density at radius 3 is 2.87 bits per heavy atom. The van der Waals surface area contributed by atoms with Crippen molar-refractivity contribution in [2.45, 2.75) is 12.5 Å². The number of amides is 1. The van der Waals surface area contributed by atoms with Gasteiger partial charge in [0.05, 0.1) is 10.7 Å². The minimum absolute atomic E-state index is 0.0602. The van der Waals surface area contributed by atoms with Crippen molar-refractivity contribution in [1.29, 1.82) is 0 Å². The summed E-state index contributed by atoms with van der Waals surface area (Å²) >= 11 is 5.94. The van der Waals surface area contributed by atoms with Gasteiger partial charge < -0.3 is 15.7 Å². The zero-order valence-corrected chi connectivity index (χ0v) is 8.74. The molecule has 1 aliphatic rings. The smallest absolute Gasteiger partial charge is 0.228 e. The molecular weight excluding hydrogens is 216 g/mol. The number of nitrogens with zero attached hydrogens (tertiary/aromatic N) is 1. The summed E-state index contributed by atoms with van der Waals surface area (Å²) in [4.78, 5) is 13.1. The van der Waals surface area contributed by atoms with E-state index < -0.39 is 0 Å². The second-order valence-electron chi connectivity index (χ2n) is 3.60. The highest BCUT2D eigenvalue weighted by Crippen LogP contribution is 2.31. The van der Waals surface area contributed by atoms with Crippen LogP contribution in [-0.2, 0) is 4.79 Å². The molecule has 0 bridgehead atoms. The number of benzene rings is 1. The second kappa shape index (κ2) is 3.72. The number of carbonyl (C=O) groups is 1. The van der Waals surface area contributed by atoms with E-state index in [-0.39, 0.29) is 17.7 Å². The van der Waals surface area contributed by atoms with Crippen LogP contribution in [0.4, 0.5) is 5.69 Å². The number of nitrogens with two attached hydrogens (primary N) is 1. The third kappa shape index (κ3) is 1.91. The van der Waals surface area contributed by atoms with Crippen molar-refractivity contribution in [3.05, 3.63) is 23.2 Å². The number of phenols is 1. The lowest BCUT2D eigenvalue weighted by atomic mass is 10.3. The Morgan fingerprint density at radius 1 is 1.53 bits per heavy atom. The van der Waals surface area contributed by atoms with Gasteiger partial charge in [-0.2, -0.15) is 0 Å². The van der Waals surface area contributed by atoms with E-state index in [0.717, 1.165) is 0 Å². The van der Waals surface area contributed by atoms with Crippen molar-refractivity contribution >= 4 is 23.2 Å². The van der Waals surface area contributed by atoms with Gasteiger partial charge in [-0.25, -0.2) is 0 Å². The first kappa shape index (κ1) is 10.3. The summed E-state index contributed by atoms with van der Waals surface area (Å²) in [5.74, 6) is 0.0256. The van der Waals surface area contributed by atoms with E-state index in [1.54, 1.807) is 6.07 Å². The summed E-state index contributed by atoms with van der Waals surface area (Å²) in [7, 11) is 0. The Hall–Kier alpha value is -1.26. The normalized spacial score (nSPS) is 21.1. The van der Waals surface area contributed by atoms with Crippen molar-refractivity contribution in [1.82, 2.24) is 0 Å². The van der Waals surface area contributed by atoms with Crippen molar-refractivity contribution in [2.24, 2.45) is 5.73 Å². The van der Waals surface area contributed by atoms with Crippen LogP contribution in [0.5, 0.6) is 5.75 Å². The lowest BCUT2D eigenvalue weighted by Crippen LogP contribution is -2.28. The van der Waals surface area contributed by atoms with Gasteiger partial charge >= 0.3 is 0 Å². The molecule has 0 spiro atoms. The molecule has 1 aliphatic heterocycles. The summed E-state index contributed by atoms with van der Waals surface area (Å²) in [6.45, 7) is 0.446. The number of carbonyl (C=O) groups excluding carboxylic acids is 1. The fourth-order valence-electron chi connectivity index (χ4n) is 1.68. The Bertz CT molecular complexity index is 408. The van der Waals surface area contributed by atoms with Gasteiger partial charge in [0.25, 0.3) is 0 Å². The minimum atomic E-state index is -0.157. The second-order valence-corrected chi connectivity index (χ2v) is 4.01. The maximum absolute atomic E-state index is 11.6. The third-order valence-corrected chi connectivity index (χ3v) is 2.70. The molecule has 4 nitrogen and oxygen atoms in total. The summed E-state index contributed by atoms with van der Waals surface area (Å²) in [5, 5.41) is 9.76. The highest BCUT2D eigenvalue weighted by atomic mass is 35.5. The Kier molecular flexibility index (Phi) is 2.54. The molecule has 15 heavy (non-hydrogen) atoms. The molecule has 1 aromatic carbocycles. The maximum atomic E-state index is 11.6. The van der Waals surface area contributed by atoms with Crippen LogP contribution in [0.25, 0.3) is 0 Å². The topological polar surface area (TPSA) is 66.6 Å². The number of hydrogen-bond donors (Lipinski definition) is 2. The molecule has 1 heterocycles. The van der Waals surface area contributed by atoms with Crippen LogP contribution in [0.15, 0.2) is 18.2 Å². The van der Waals surface area contributed by atoms with Crippen molar-refractivity contribution in [3.63, 3.8) is 0 Å². The molecule has 1 fully saturated rings. The van der Waals surface area contributed by atoms with Crippen LogP contribution in [0.2, 0.25) is 5.02 Å². The van der Waals surface area contributed by atoms with Gasteiger partial charge in [-0.15, -0.1) is 0 Å². The zero-order chi connectivity index (χ0) is 11.0. The van der Waals surface area contributed by atoms with E-state index in [0.29, 0.717) is 23.7 Å². The van der Waals surface area contributed by atoms with Gasteiger partial charge in [0.1, 0.15) is 5.75 Å². The standard InChI is InChI=1S/C10H11ClN2O2/c11-8-2-1-7(14)4-9(8)13-5-6(12)3-10(13)15/h1-2,4,6,14H,3,5,12H2. The van der Waals surface area contributed by atoms with Gasteiger partial charge in [0, 0.05) is 25.1 Å². The molecule has 1 unspecified atom stereocenters. The summed E-state index contributed by atoms with van der Waals surface area (Å²) in [5.41, 5.74) is 6.20. The van der Waals surface area contributed by atoms with E-state index >= 15 is 0 Å². The molecule has 0 aliphatic carbocycles. The first-order chi connectivity index (χ1) is 7.08. The first-order valence-corrected chi connectivity index (χ1v) is 5.00. The van der Waals surface area contributed by atoms with Crippen LogP contribution >= 0.6 is 11.6 Å². The fourth-order valence-corrected chi connectivity index (χ4v) is 1.90. The van der Waals surface area contributed by atoms with Crippen LogP contribution in [0, 0.1) is 0 Å². The van der Waals surface area contributed by atoms with E-state index in [4.69, 9.17) is 17.3 Å². The highest BCUT2D eigenvalue weighted by Gasteiger charge is 2.29. The van der Waals surface area contributed by atoms with E-state index in [9.17, 15) is 9.90 Å². The van der Waals surface area contributed by atoms with Crippen molar-refractivity contribution in [2.75, 3.05) is 11.4 Å². The molecule has 0 aromatic heterocycles. The molecule has 2 rings (SSSR count). The number of halogens is 1. The van der Waals surface area contributed by atoms with Crippen LogP contribution in [-0.4, -0.2) is 23.6 Å². The first-order valence-electron chi connectivity index (χ1n) is 4.62. The predicted molar refractivity (Wildman–Crippen MR) is 58.1 cm³/mol. The van der Waals surface area contributed by atoms with E-state index in [2.05, 4.69) is 0 Å². The molecule has 80 valence electrons. The van der Waals surface area contributed by atoms with Gasteiger partial charge in [0.15, 0.2) is 0 Å². The quantitative estimate of drug-likeness (QED) is 0.754. The molecule has 0 saturated carbocycles. The summed E-state index contributed by atoms with van der Waals surface area (Å²) in [6, 6.07) is 4.35. The van der Waals surface area contributed by atoms with Gasteiger partial charge in [-0.05, 0) is 12.1 Å². The Balaban J connectivity index is 2.37. The van der Waals surface area contributed by atoms with Gasteiger partial charge in [-0.3, -0.25) is 4.79 Å². The molecular formula is C10H11ClN2O2. The predicted octanol–water partition coefficient (Wildman–Crippen LogP) is 1.11. The lowest BCUT2D eigenvalue weighted by molar-refractivity contribution is -0.117. The van der Waals surface area contributed by atoms with Crippen LogP contribution < -0.4 is 10.6 Å². The number of hydrogen-bond acceptors (Lipinski definition) is 3. The maximum Gasteiger partial charge on any atom is 0.228 e. The van der Waals surface area contributed by atoms with Gasteiger partial charge in [-0.1, -0.05) is 11.6 Å². The number of aromatic hydroxyl groups is 1. The number of rotatable bonds is 1. The van der Waals surface area contributed by atoms with Crippen molar-refractivity contribution in [3.8, 4) is 5.75 Å². The summed E-state index contributed by atoms with van der Waals surface area (Å²) < 4.78 is 0. The van der Waals surface area contributed by atoms with Gasteiger partial charge in [0.2, 0.25) is 5.91 Å². The number of anilines is 1. The lowest BCUT2D eigenvalue weighted by Gasteiger charge is -2.17. The van der Waals surface area contributed by atoms with E-state index in [1.807, 2.05) is 0 Å². The largest absolute Gasteiger partial charge is 0.508 e. The highest BCUT2D eigenvalue weighted by molar-refractivity contribution is 6.34. The molecule has 3 N–H and O–H groups in total. The molecule has 1 atom stereocenters. The zero-order valence-electron chi connectivity index (χ0n) is 7.98. The SMILES string of the molecule is NC1CC(=O)N(c2cc(O)ccc2Cl)C1. The average molecular weight is 227 g/mol. The van der Waals surface area contributed by atoms with E-state index in [1.165, 1.54) is 17.0 Å².